The van der Waals surface area contributed by atoms with Gasteiger partial charge in [0, 0.05) is 13.0 Å². The smallest absolute Gasteiger partial charge is 0.323 e. The number of anilines is 2. The second-order valence-corrected chi connectivity index (χ2v) is 7.37. The Morgan fingerprint density at radius 1 is 1.20 bits per heavy atom. The number of benzene rings is 1. The third kappa shape index (κ3) is 4.00. The summed E-state index contributed by atoms with van der Waals surface area (Å²) in [5.41, 5.74) is -2.43. The maximum atomic E-state index is 13.9. The van der Waals surface area contributed by atoms with Crippen molar-refractivity contribution < 1.29 is 22.8 Å². The Bertz CT molecular complexity index is 1140. The summed E-state index contributed by atoms with van der Waals surface area (Å²) in [6.45, 7) is 4.03. The molecule has 1 aromatic heterocycles. The lowest BCUT2D eigenvalue weighted by Gasteiger charge is -2.26. The number of aromatic amines is 1. The molecule has 1 unspecified atom stereocenters. The van der Waals surface area contributed by atoms with Crippen LogP contribution in [0.2, 0.25) is 0 Å². The molecule has 2 amide bonds. The molecule has 1 aromatic carbocycles. The number of hydrogen-bond donors (Lipinski definition) is 3. The van der Waals surface area contributed by atoms with Gasteiger partial charge in [0.2, 0.25) is 11.8 Å². The Kier molecular flexibility index (Phi) is 5.81. The van der Waals surface area contributed by atoms with Gasteiger partial charge in [-0.2, -0.15) is 0 Å². The zero-order chi connectivity index (χ0) is 22.2. The van der Waals surface area contributed by atoms with Crippen molar-refractivity contribution in [3.63, 3.8) is 0 Å². The predicted molar refractivity (Wildman–Crippen MR) is 102 cm³/mol. The van der Waals surface area contributed by atoms with Crippen LogP contribution in [-0.4, -0.2) is 21.4 Å². The van der Waals surface area contributed by atoms with Gasteiger partial charge >= 0.3 is 5.69 Å². The molecule has 30 heavy (non-hydrogen) atoms. The number of rotatable bonds is 5. The van der Waals surface area contributed by atoms with E-state index < -0.39 is 58.5 Å². The maximum absolute atomic E-state index is 13.9. The number of fused-ring (bicyclic) bond motifs is 1. The van der Waals surface area contributed by atoms with E-state index in [1.54, 1.807) is 0 Å². The Labute approximate surface area is 168 Å². The first kappa shape index (κ1) is 21.3. The fourth-order valence-corrected chi connectivity index (χ4v) is 3.18. The summed E-state index contributed by atoms with van der Waals surface area (Å²) in [6, 6.07) is 1.45. The van der Waals surface area contributed by atoms with E-state index in [9.17, 15) is 32.3 Å². The Morgan fingerprint density at radius 2 is 1.90 bits per heavy atom. The standard InChI is InChI=1S/C19H19F3N4O4/c1-8(2)5-6-26-16-13(18(29)25-19(26)30)9(7-12(27)24-16)17(28)23-11-4-3-10(20)14(21)15(11)22/h3-4,8-9H,5-7H2,1-2H3,(H,23,28)(H,24,27)(H,25,29,30). The zero-order valence-electron chi connectivity index (χ0n) is 16.1. The normalized spacial score (nSPS) is 15.7. The van der Waals surface area contributed by atoms with Gasteiger partial charge in [0.1, 0.15) is 5.82 Å². The van der Waals surface area contributed by atoms with Crippen LogP contribution in [0.25, 0.3) is 0 Å². The monoisotopic (exact) mass is 424 g/mol. The fourth-order valence-electron chi connectivity index (χ4n) is 3.18. The highest BCUT2D eigenvalue weighted by Crippen LogP contribution is 2.30. The molecule has 2 heterocycles. The summed E-state index contributed by atoms with van der Waals surface area (Å²) in [4.78, 5) is 51.7. The maximum Gasteiger partial charge on any atom is 0.329 e. The van der Waals surface area contributed by atoms with Crippen molar-refractivity contribution in [2.75, 3.05) is 10.6 Å². The van der Waals surface area contributed by atoms with Crippen LogP contribution < -0.4 is 21.9 Å². The fraction of sp³-hybridized carbons (Fsp3) is 0.368. The number of carbonyl (C=O) groups is 2. The van der Waals surface area contributed by atoms with Gasteiger partial charge in [-0.1, -0.05) is 13.8 Å². The zero-order valence-corrected chi connectivity index (χ0v) is 16.1. The molecule has 0 fully saturated rings. The van der Waals surface area contributed by atoms with Crippen LogP contribution in [0, 0.1) is 23.4 Å². The van der Waals surface area contributed by atoms with E-state index >= 15 is 0 Å². The molecule has 1 aliphatic rings. The summed E-state index contributed by atoms with van der Waals surface area (Å²) in [5, 5.41) is 4.53. The number of amides is 2. The van der Waals surface area contributed by atoms with Crippen molar-refractivity contribution in [2.24, 2.45) is 5.92 Å². The molecule has 2 aromatic rings. The summed E-state index contributed by atoms with van der Waals surface area (Å²) in [6.07, 6.45) is 0.112. The van der Waals surface area contributed by atoms with Crippen molar-refractivity contribution in [3.05, 3.63) is 56.0 Å². The molecule has 0 saturated heterocycles. The first-order valence-corrected chi connectivity index (χ1v) is 9.21. The van der Waals surface area contributed by atoms with E-state index in [0.717, 1.165) is 10.6 Å². The molecule has 0 saturated carbocycles. The van der Waals surface area contributed by atoms with Crippen molar-refractivity contribution >= 4 is 23.3 Å². The number of hydrogen-bond acceptors (Lipinski definition) is 4. The molecule has 11 heteroatoms. The van der Waals surface area contributed by atoms with E-state index in [2.05, 4.69) is 15.6 Å². The van der Waals surface area contributed by atoms with E-state index in [1.165, 1.54) is 0 Å². The largest absolute Gasteiger partial charge is 0.329 e. The number of carbonyl (C=O) groups excluding carboxylic acids is 2. The van der Waals surface area contributed by atoms with Gasteiger partial charge in [0.15, 0.2) is 17.5 Å². The van der Waals surface area contributed by atoms with Crippen LogP contribution in [0.4, 0.5) is 24.7 Å². The predicted octanol–water partition coefficient (Wildman–Crippen LogP) is 2.06. The Hall–Kier alpha value is -3.37. The number of nitrogens with zero attached hydrogens (tertiary/aromatic N) is 1. The molecular formula is C19H19F3N4O4. The highest BCUT2D eigenvalue weighted by atomic mass is 19.2. The number of H-pyrrole nitrogens is 1. The van der Waals surface area contributed by atoms with E-state index in [-0.39, 0.29) is 23.8 Å². The average molecular weight is 424 g/mol. The lowest BCUT2D eigenvalue weighted by Crippen LogP contribution is -2.42. The molecule has 0 spiro atoms. The van der Waals surface area contributed by atoms with Crippen molar-refractivity contribution in [1.29, 1.82) is 0 Å². The SMILES string of the molecule is CC(C)CCn1c2c(c(=O)[nH]c1=O)C(C(=O)Nc1ccc(F)c(F)c1F)CC(=O)N2. The van der Waals surface area contributed by atoms with Crippen molar-refractivity contribution in [3.8, 4) is 0 Å². The van der Waals surface area contributed by atoms with Gasteiger partial charge in [-0.15, -0.1) is 0 Å². The van der Waals surface area contributed by atoms with Gasteiger partial charge < -0.3 is 10.6 Å². The number of aromatic nitrogens is 2. The minimum Gasteiger partial charge on any atom is -0.323 e. The first-order chi connectivity index (χ1) is 14.1. The molecule has 8 nitrogen and oxygen atoms in total. The van der Waals surface area contributed by atoms with Crippen LogP contribution >= 0.6 is 0 Å². The van der Waals surface area contributed by atoms with E-state index in [1.807, 2.05) is 13.8 Å². The molecule has 160 valence electrons. The third-order valence-electron chi connectivity index (χ3n) is 4.77. The molecule has 3 rings (SSSR count). The summed E-state index contributed by atoms with van der Waals surface area (Å²) in [7, 11) is 0. The second kappa shape index (κ2) is 8.17. The van der Waals surface area contributed by atoms with Crippen LogP contribution in [-0.2, 0) is 16.1 Å². The molecule has 1 atom stereocenters. The molecular weight excluding hydrogens is 405 g/mol. The molecule has 0 bridgehead atoms. The second-order valence-electron chi connectivity index (χ2n) is 7.37. The average Bonchev–Trinajstić information content (AvgIpc) is 2.67. The lowest BCUT2D eigenvalue weighted by atomic mass is 9.92. The summed E-state index contributed by atoms with van der Waals surface area (Å²) in [5.74, 6) is -7.67. The lowest BCUT2D eigenvalue weighted by molar-refractivity contribution is -0.123. The van der Waals surface area contributed by atoms with E-state index in [4.69, 9.17) is 0 Å². The van der Waals surface area contributed by atoms with Gasteiger partial charge in [0.05, 0.1) is 17.2 Å². The van der Waals surface area contributed by atoms with Crippen LogP contribution in [0.1, 0.15) is 38.2 Å². The first-order valence-electron chi connectivity index (χ1n) is 9.21. The number of halogens is 3. The Morgan fingerprint density at radius 3 is 2.57 bits per heavy atom. The van der Waals surface area contributed by atoms with Crippen molar-refractivity contribution in [2.45, 2.75) is 39.2 Å². The number of nitrogens with one attached hydrogen (secondary N) is 3. The van der Waals surface area contributed by atoms with Crippen LogP contribution in [0.3, 0.4) is 0 Å². The van der Waals surface area contributed by atoms with Crippen LogP contribution in [0.5, 0.6) is 0 Å². The van der Waals surface area contributed by atoms with Crippen LogP contribution in [0.15, 0.2) is 21.7 Å². The topological polar surface area (TPSA) is 113 Å². The van der Waals surface area contributed by atoms with Gasteiger partial charge in [0.25, 0.3) is 5.56 Å². The molecule has 1 aliphatic heterocycles. The third-order valence-corrected chi connectivity index (χ3v) is 4.77. The minimum atomic E-state index is -1.77. The van der Waals surface area contributed by atoms with Gasteiger partial charge in [-0.3, -0.25) is 23.9 Å². The molecule has 0 aliphatic carbocycles. The van der Waals surface area contributed by atoms with Gasteiger partial charge in [-0.25, -0.2) is 18.0 Å². The van der Waals surface area contributed by atoms with Gasteiger partial charge in [-0.05, 0) is 24.5 Å². The van der Waals surface area contributed by atoms with E-state index in [0.29, 0.717) is 12.5 Å². The Balaban J connectivity index is 2.03. The molecule has 0 radical (unpaired) electrons. The summed E-state index contributed by atoms with van der Waals surface area (Å²) >= 11 is 0. The molecule has 3 N–H and O–H groups in total. The quantitative estimate of drug-likeness (QED) is 0.638. The summed E-state index contributed by atoms with van der Waals surface area (Å²) < 4.78 is 41.6. The minimum absolute atomic E-state index is 0.105. The highest BCUT2D eigenvalue weighted by Gasteiger charge is 2.36. The highest BCUT2D eigenvalue weighted by molar-refractivity contribution is 6.04. The van der Waals surface area contributed by atoms with Crippen molar-refractivity contribution in [1.82, 2.24) is 9.55 Å².